The molecule has 0 amide bonds. The van der Waals surface area contributed by atoms with E-state index in [1.165, 1.54) is 175 Å². The zero-order chi connectivity index (χ0) is 62.7. The van der Waals surface area contributed by atoms with Gasteiger partial charge in [-0.1, -0.05) is 233 Å². The van der Waals surface area contributed by atoms with E-state index in [4.69, 9.17) is 0 Å². The van der Waals surface area contributed by atoms with Crippen LogP contribution in [0.4, 0.5) is 0 Å². The molecular formula is C87H85BN2. The summed E-state index contributed by atoms with van der Waals surface area (Å²) in [6, 6.07) is 64.7. The van der Waals surface area contributed by atoms with E-state index in [9.17, 15) is 0 Å². The van der Waals surface area contributed by atoms with E-state index in [2.05, 4.69) is 291 Å². The summed E-state index contributed by atoms with van der Waals surface area (Å²) in [5.41, 5.74) is 27.7. The van der Waals surface area contributed by atoms with Gasteiger partial charge in [-0.15, -0.1) is 0 Å². The molecule has 3 aliphatic rings. The van der Waals surface area contributed by atoms with Crippen molar-refractivity contribution in [1.29, 1.82) is 0 Å². The molecule has 0 fully saturated rings. The number of hydrogen-bond acceptors (Lipinski definition) is 0. The lowest BCUT2D eigenvalue weighted by Crippen LogP contribution is -2.61. The average Bonchev–Trinajstić information content (AvgIpc) is 1.07. The summed E-state index contributed by atoms with van der Waals surface area (Å²) >= 11 is 0. The highest BCUT2D eigenvalue weighted by atomic mass is 15.0. The first-order valence-electron chi connectivity index (χ1n) is 33.6. The molecule has 2 aromatic heterocycles. The molecule has 0 radical (unpaired) electrons. The van der Waals surface area contributed by atoms with Crippen LogP contribution < -0.4 is 16.4 Å². The zero-order valence-electron chi connectivity index (χ0n) is 56.5. The molecule has 0 spiro atoms. The number of rotatable bonds is 1. The zero-order valence-corrected chi connectivity index (χ0v) is 56.5. The van der Waals surface area contributed by atoms with Crippen molar-refractivity contribution < 1.29 is 0 Å². The summed E-state index contributed by atoms with van der Waals surface area (Å²) in [5, 5.41) is 18.9. The summed E-state index contributed by atoms with van der Waals surface area (Å²) in [4.78, 5) is 0. The topological polar surface area (TPSA) is 9.86 Å². The van der Waals surface area contributed by atoms with E-state index >= 15 is 0 Å². The van der Waals surface area contributed by atoms with E-state index in [1.54, 1.807) is 11.1 Å². The van der Waals surface area contributed by atoms with Gasteiger partial charge in [0.2, 0.25) is 6.71 Å². The quantitative estimate of drug-likeness (QED) is 0.0881. The smallest absolute Gasteiger partial charge is 0.247 e. The molecule has 1 aliphatic carbocycles. The third-order valence-electron chi connectivity index (χ3n) is 22.2. The standard InChI is InChI=1S/C87H85BN2/c1-82(2,3)48-29-27-47-28-33-59-73-64(60(47)37-48)41-52(86(13,14)15)43-68(73)88-69-44-53(87(16,17)18)42-67-63-40-51(85(10,11)12)32-36-72(63)90(80(67)69)81-77-58-26-22-20-24-56(58)66-46-54(45-65-55-23-19-21-25-57(55)75(76(59)79(81)88)78(77)74(65)66)89-70-34-30-49(83(4,5)6)38-61(70)62-39-50(84(7,8)9)31-35-71(62)89/h19-27,29-32,34-46,59H,28,33H2,1-18H3. The average molecular weight is 1170 g/mol. The Labute approximate surface area is 532 Å². The van der Waals surface area contributed by atoms with E-state index in [-0.39, 0.29) is 45.1 Å². The molecule has 12 aromatic carbocycles. The molecule has 4 heterocycles. The summed E-state index contributed by atoms with van der Waals surface area (Å²) in [5.74, 6) is 0.125. The van der Waals surface area contributed by atoms with Crippen molar-refractivity contribution in [1.82, 2.24) is 9.13 Å². The van der Waals surface area contributed by atoms with Gasteiger partial charge in [-0.25, -0.2) is 0 Å². The molecule has 0 N–H and O–H groups in total. The normalized spacial score (nSPS) is 15.4. The number of benzene rings is 12. The van der Waals surface area contributed by atoms with Crippen LogP contribution in [-0.2, 0) is 38.9 Å². The molecule has 14 aromatic rings. The maximum absolute atomic E-state index is 2.83. The molecular weight excluding hydrogens is 1080 g/mol. The molecule has 0 bridgehead atoms. The van der Waals surface area contributed by atoms with Gasteiger partial charge in [0.1, 0.15) is 0 Å². The Hall–Kier alpha value is -8.14. The Morgan fingerprint density at radius 1 is 0.333 bits per heavy atom. The first-order chi connectivity index (χ1) is 42.4. The lowest BCUT2D eigenvalue weighted by molar-refractivity contribution is 0.589. The molecule has 2 nitrogen and oxygen atoms in total. The van der Waals surface area contributed by atoms with Gasteiger partial charge in [-0.3, -0.25) is 0 Å². The third-order valence-corrected chi connectivity index (χ3v) is 22.2. The van der Waals surface area contributed by atoms with Gasteiger partial charge in [0.15, 0.2) is 0 Å². The number of nitrogens with zero attached hydrogens (tertiary/aromatic N) is 2. The van der Waals surface area contributed by atoms with Crippen LogP contribution in [0.1, 0.15) is 187 Å². The molecule has 446 valence electrons. The third kappa shape index (κ3) is 7.65. The van der Waals surface area contributed by atoms with E-state index in [1.807, 2.05) is 0 Å². The number of aromatic nitrogens is 2. The number of fused-ring (bicyclic) bond motifs is 20. The minimum Gasteiger partial charge on any atom is -0.310 e. The molecule has 90 heavy (non-hydrogen) atoms. The van der Waals surface area contributed by atoms with Gasteiger partial charge in [-0.05, 0) is 215 Å². The second kappa shape index (κ2) is 17.9. The minimum atomic E-state index is -0.101. The maximum atomic E-state index is 2.83. The first-order valence-corrected chi connectivity index (χ1v) is 33.6. The van der Waals surface area contributed by atoms with Crippen LogP contribution in [-0.4, -0.2) is 15.8 Å². The fraction of sp³-hybridized carbons (Fsp3) is 0.310. The fourth-order valence-electron chi connectivity index (χ4n) is 17.2. The van der Waals surface area contributed by atoms with Crippen LogP contribution in [0.25, 0.3) is 120 Å². The number of aryl methyl sites for hydroxylation is 1. The number of hydrogen-bond donors (Lipinski definition) is 0. The summed E-state index contributed by atoms with van der Waals surface area (Å²) < 4.78 is 5.43. The van der Waals surface area contributed by atoms with Crippen molar-refractivity contribution in [2.24, 2.45) is 0 Å². The van der Waals surface area contributed by atoms with Gasteiger partial charge in [0.25, 0.3) is 0 Å². The van der Waals surface area contributed by atoms with Crippen LogP contribution >= 0.6 is 0 Å². The molecule has 2 aliphatic heterocycles. The monoisotopic (exact) mass is 1170 g/mol. The Kier molecular flexibility index (Phi) is 11.1. The van der Waals surface area contributed by atoms with Gasteiger partial charge in [0.05, 0.1) is 22.2 Å². The van der Waals surface area contributed by atoms with Crippen molar-refractivity contribution >= 4 is 121 Å². The van der Waals surface area contributed by atoms with Crippen molar-refractivity contribution in [2.75, 3.05) is 0 Å². The van der Waals surface area contributed by atoms with Gasteiger partial charge < -0.3 is 9.13 Å². The van der Waals surface area contributed by atoms with Crippen LogP contribution in [0.2, 0.25) is 0 Å². The highest BCUT2D eigenvalue weighted by molar-refractivity contribution is 6.99. The SMILES string of the molecule is CC(C)(C)c1ccc2c(c1)-c1cc(C(C)(C)C)cc3c1C(CC2)c1c2c(c4c5ccccc5c5cc(-n6c7ccc(C(C)(C)C)cc7c7cc(C(C)(C)C)ccc76)cc6c7ccccc7c1c4c65)-n1c4ccc(C(C)(C)C)cc4c4cc(C(C)(C)C)cc(c41)B32. The van der Waals surface area contributed by atoms with E-state index < -0.39 is 0 Å². The lowest BCUT2D eigenvalue weighted by Gasteiger charge is -2.41. The Balaban J connectivity index is 1.11. The van der Waals surface area contributed by atoms with Gasteiger partial charge in [-0.2, -0.15) is 0 Å². The highest BCUT2D eigenvalue weighted by Crippen LogP contribution is 2.56. The second-order valence-corrected chi connectivity index (χ2v) is 34.1. The van der Waals surface area contributed by atoms with Crippen molar-refractivity contribution in [3.63, 3.8) is 0 Å². The van der Waals surface area contributed by atoms with Gasteiger partial charge in [0, 0.05) is 49.4 Å². The Morgan fingerprint density at radius 3 is 1.30 bits per heavy atom. The molecule has 1 atom stereocenters. The Bertz CT molecular complexity index is 5440. The van der Waals surface area contributed by atoms with E-state index in [0.717, 1.165) is 12.8 Å². The molecule has 17 rings (SSSR count). The van der Waals surface area contributed by atoms with Crippen LogP contribution in [0.5, 0.6) is 0 Å². The van der Waals surface area contributed by atoms with E-state index in [0.29, 0.717) is 0 Å². The van der Waals surface area contributed by atoms with Gasteiger partial charge >= 0.3 is 0 Å². The summed E-state index contributed by atoms with van der Waals surface area (Å²) in [6.45, 7) is 42.9. The fourth-order valence-corrected chi connectivity index (χ4v) is 17.2. The van der Waals surface area contributed by atoms with Crippen LogP contribution in [0, 0.1) is 0 Å². The van der Waals surface area contributed by atoms with Crippen molar-refractivity contribution in [3.05, 3.63) is 208 Å². The van der Waals surface area contributed by atoms with Crippen LogP contribution in [0.3, 0.4) is 0 Å². The Morgan fingerprint density at radius 2 is 0.767 bits per heavy atom. The molecule has 1 unspecified atom stereocenters. The molecule has 0 saturated carbocycles. The minimum absolute atomic E-state index is 0.00162. The predicted molar refractivity (Wildman–Crippen MR) is 393 cm³/mol. The molecule has 0 saturated heterocycles. The van der Waals surface area contributed by atoms with Crippen molar-refractivity contribution in [3.8, 4) is 22.5 Å². The summed E-state index contributed by atoms with van der Waals surface area (Å²) in [7, 11) is 0. The predicted octanol–water partition coefficient (Wildman–Crippen LogP) is 21.8. The summed E-state index contributed by atoms with van der Waals surface area (Å²) in [6.07, 6.45) is 2.02. The van der Waals surface area contributed by atoms with Crippen molar-refractivity contribution in [2.45, 2.75) is 176 Å². The lowest BCUT2D eigenvalue weighted by atomic mass is 9.30. The largest absolute Gasteiger partial charge is 0.310 e. The first kappa shape index (κ1) is 55.9. The highest BCUT2D eigenvalue weighted by Gasteiger charge is 2.48. The van der Waals surface area contributed by atoms with Crippen LogP contribution in [0.15, 0.2) is 158 Å². The second-order valence-electron chi connectivity index (χ2n) is 34.1. The molecule has 3 heteroatoms. The maximum Gasteiger partial charge on any atom is 0.247 e.